The molecule has 0 aliphatic heterocycles. The highest BCUT2D eigenvalue weighted by Crippen LogP contribution is 2.16. The van der Waals surface area contributed by atoms with Gasteiger partial charge in [0.1, 0.15) is 11.6 Å². The minimum Gasteiger partial charge on any atom is -0.372 e. The highest BCUT2D eigenvalue weighted by Gasteiger charge is 2.06. The molecular formula is C15H19N3O. The molecule has 0 radical (unpaired) electrons. The second kappa shape index (κ2) is 7.22. The van der Waals surface area contributed by atoms with Crippen LogP contribution < -0.4 is 10.2 Å². The molecule has 1 amide bonds. The average Bonchev–Trinajstić information content (AvgIpc) is 2.46. The van der Waals surface area contributed by atoms with Crippen LogP contribution in [0.25, 0.3) is 6.08 Å². The minimum absolute atomic E-state index is 0.109. The Morgan fingerprint density at radius 2 is 1.89 bits per heavy atom. The van der Waals surface area contributed by atoms with Crippen molar-refractivity contribution in [1.29, 1.82) is 5.26 Å². The molecule has 0 heterocycles. The third kappa shape index (κ3) is 3.85. The van der Waals surface area contributed by atoms with E-state index in [0.717, 1.165) is 24.3 Å². The van der Waals surface area contributed by atoms with E-state index in [1.807, 2.05) is 30.3 Å². The van der Waals surface area contributed by atoms with Gasteiger partial charge in [-0.15, -0.1) is 0 Å². The number of likely N-dealkylation sites (N-methyl/N-ethyl adjacent to an activating group) is 1. The first-order chi connectivity index (χ1) is 9.15. The van der Waals surface area contributed by atoms with Crippen molar-refractivity contribution >= 4 is 17.7 Å². The van der Waals surface area contributed by atoms with Gasteiger partial charge in [0.15, 0.2) is 0 Å². The summed E-state index contributed by atoms with van der Waals surface area (Å²) in [6.45, 7) is 6.12. The number of nitrogens with zero attached hydrogens (tertiary/aromatic N) is 2. The smallest absolute Gasteiger partial charge is 0.261 e. The van der Waals surface area contributed by atoms with Crippen LogP contribution in [-0.2, 0) is 4.79 Å². The number of amides is 1. The van der Waals surface area contributed by atoms with E-state index in [1.165, 1.54) is 7.05 Å². The Morgan fingerprint density at radius 3 is 2.32 bits per heavy atom. The van der Waals surface area contributed by atoms with Crippen molar-refractivity contribution in [2.75, 3.05) is 25.0 Å². The zero-order chi connectivity index (χ0) is 14.3. The van der Waals surface area contributed by atoms with Crippen LogP contribution in [-0.4, -0.2) is 26.0 Å². The van der Waals surface area contributed by atoms with Crippen molar-refractivity contribution in [2.45, 2.75) is 13.8 Å². The van der Waals surface area contributed by atoms with Gasteiger partial charge in [0.25, 0.3) is 5.91 Å². The molecule has 0 aromatic heterocycles. The van der Waals surface area contributed by atoms with E-state index >= 15 is 0 Å². The zero-order valence-corrected chi connectivity index (χ0v) is 11.6. The molecule has 0 aliphatic carbocycles. The van der Waals surface area contributed by atoms with Crippen molar-refractivity contribution in [1.82, 2.24) is 5.32 Å². The van der Waals surface area contributed by atoms with Gasteiger partial charge in [0, 0.05) is 25.8 Å². The third-order valence-corrected chi connectivity index (χ3v) is 2.92. The van der Waals surface area contributed by atoms with E-state index in [1.54, 1.807) is 6.08 Å². The Balaban J connectivity index is 2.96. The summed E-state index contributed by atoms with van der Waals surface area (Å²) in [5.74, 6) is -0.365. The third-order valence-electron chi connectivity index (χ3n) is 2.92. The Bertz CT molecular complexity index is 493. The normalized spacial score (nSPS) is 10.7. The Kier molecular flexibility index (Phi) is 5.62. The molecule has 1 N–H and O–H groups in total. The molecule has 4 nitrogen and oxygen atoms in total. The van der Waals surface area contributed by atoms with E-state index in [-0.39, 0.29) is 11.5 Å². The van der Waals surface area contributed by atoms with E-state index in [4.69, 9.17) is 5.26 Å². The number of nitriles is 1. The lowest BCUT2D eigenvalue weighted by Crippen LogP contribution is -2.21. The maximum atomic E-state index is 11.4. The molecule has 1 aromatic rings. The standard InChI is InChI=1S/C15H19N3O/c1-4-18(5-2)14-8-6-12(7-9-14)10-13(11-16)15(19)17-3/h6-10H,4-5H2,1-3H3,(H,17,19)/b13-10-. The minimum atomic E-state index is -0.365. The lowest BCUT2D eigenvalue weighted by Gasteiger charge is -2.20. The topological polar surface area (TPSA) is 56.1 Å². The number of carbonyl (C=O) groups excluding carboxylic acids is 1. The first-order valence-corrected chi connectivity index (χ1v) is 6.35. The van der Waals surface area contributed by atoms with Crippen molar-refractivity contribution in [2.24, 2.45) is 0 Å². The van der Waals surface area contributed by atoms with Crippen LogP contribution in [0.4, 0.5) is 5.69 Å². The second-order valence-electron chi connectivity index (χ2n) is 4.01. The fraction of sp³-hybridized carbons (Fsp3) is 0.333. The van der Waals surface area contributed by atoms with Gasteiger partial charge < -0.3 is 10.2 Å². The van der Waals surface area contributed by atoms with Crippen LogP contribution in [0, 0.1) is 11.3 Å². The predicted molar refractivity (Wildman–Crippen MR) is 77.7 cm³/mol. The fourth-order valence-corrected chi connectivity index (χ4v) is 1.82. The van der Waals surface area contributed by atoms with Gasteiger partial charge >= 0.3 is 0 Å². The molecule has 1 rings (SSSR count). The molecule has 4 heteroatoms. The number of benzene rings is 1. The van der Waals surface area contributed by atoms with Crippen LogP contribution in [0.3, 0.4) is 0 Å². The number of hydrogen-bond acceptors (Lipinski definition) is 3. The summed E-state index contributed by atoms with van der Waals surface area (Å²) in [7, 11) is 1.51. The van der Waals surface area contributed by atoms with E-state index in [9.17, 15) is 4.79 Å². The monoisotopic (exact) mass is 257 g/mol. The molecule has 0 saturated carbocycles. The van der Waals surface area contributed by atoms with Gasteiger partial charge in [-0.2, -0.15) is 5.26 Å². The van der Waals surface area contributed by atoms with Crippen molar-refractivity contribution in [3.8, 4) is 6.07 Å². The highest BCUT2D eigenvalue weighted by atomic mass is 16.1. The van der Waals surface area contributed by atoms with E-state index in [0.29, 0.717) is 0 Å². The van der Waals surface area contributed by atoms with Crippen LogP contribution >= 0.6 is 0 Å². The fourth-order valence-electron chi connectivity index (χ4n) is 1.82. The number of carbonyl (C=O) groups is 1. The lowest BCUT2D eigenvalue weighted by atomic mass is 10.1. The summed E-state index contributed by atoms with van der Waals surface area (Å²) in [5, 5.41) is 11.4. The van der Waals surface area contributed by atoms with Gasteiger partial charge in [-0.1, -0.05) is 12.1 Å². The first-order valence-electron chi connectivity index (χ1n) is 6.35. The lowest BCUT2D eigenvalue weighted by molar-refractivity contribution is -0.116. The molecule has 0 unspecified atom stereocenters. The molecule has 0 atom stereocenters. The summed E-state index contributed by atoms with van der Waals surface area (Å²) in [6.07, 6.45) is 1.59. The van der Waals surface area contributed by atoms with Crippen LogP contribution in [0.1, 0.15) is 19.4 Å². The summed E-state index contributed by atoms with van der Waals surface area (Å²) < 4.78 is 0. The van der Waals surface area contributed by atoms with Gasteiger partial charge in [0.05, 0.1) is 0 Å². The Labute approximate surface area is 114 Å². The van der Waals surface area contributed by atoms with Crippen molar-refractivity contribution in [3.05, 3.63) is 35.4 Å². The molecule has 0 fully saturated rings. The van der Waals surface area contributed by atoms with Crippen LogP contribution in [0.15, 0.2) is 29.8 Å². The van der Waals surface area contributed by atoms with Crippen molar-refractivity contribution in [3.63, 3.8) is 0 Å². The second-order valence-corrected chi connectivity index (χ2v) is 4.01. The number of nitrogens with one attached hydrogen (secondary N) is 1. The van der Waals surface area contributed by atoms with Gasteiger partial charge in [-0.05, 0) is 37.6 Å². The quantitative estimate of drug-likeness (QED) is 0.650. The summed E-state index contributed by atoms with van der Waals surface area (Å²) >= 11 is 0. The molecule has 1 aromatic carbocycles. The maximum Gasteiger partial charge on any atom is 0.261 e. The molecular weight excluding hydrogens is 238 g/mol. The van der Waals surface area contributed by atoms with Gasteiger partial charge in [0.2, 0.25) is 0 Å². The summed E-state index contributed by atoms with van der Waals surface area (Å²) in [4.78, 5) is 13.6. The SMILES string of the molecule is CCN(CC)c1ccc(/C=C(/C#N)C(=O)NC)cc1. The summed E-state index contributed by atoms with van der Waals surface area (Å²) in [6, 6.07) is 9.72. The number of anilines is 1. The Hall–Kier alpha value is -2.28. The zero-order valence-electron chi connectivity index (χ0n) is 11.6. The maximum absolute atomic E-state index is 11.4. The van der Waals surface area contributed by atoms with Crippen molar-refractivity contribution < 1.29 is 4.79 Å². The number of hydrogen-bond donors (Lipinski definition) is 1. The molecule has 0 aliphatic rings. The van der Waals surface area contributed by atoms with Gasteiger partial charge in [-0.3, -0.25) is 4.79 Å². The first kappa shape index (κ1) is 14.8. The van der Waals surface area contributed by atoms with Crippen LogP contribution in [0.5, 0.6) is 0 Å². The molecule has 19 heavy (non-hydrogen) atoms. The average molecular weight is 257 g/mol. The predicted octanol–water partition coefficient (Wildman–Crippen LogP) is 2.19. The number of rotatable bonds is 5. The molecule has 0 saturated heterocycles. The van der Waals surface area contributed by atoms with E-state index in [2.05, 4.69) is 24.1 Å². The molecule has 100 valence electrons. The molecule has 0 spiro atoms. The highest BCUT2D eigenvalue weighted by molar-refractivity contribution is 6.01. The molecule has 0 bridgehead atoms. The van der Waals surface area contributed by atoms with Crippen LogP contribution in [0.2, 0.25) is 0 Å². The summed E-state index contributed by atoms with van der Waals surface area (Å²) in [5.41, 5.74) is 2.09. The van der Waals surface area contributed by atoms with Gasteiger partial charge in [-0.25, -0.2) is 0 Å². The Morgan fingerprint density at radius 1 is 1.32 bits per heavy atom. The van der Waals surface area contributed by atoms with E-state index < -0.39 is 0 Å². The largest absolute Gasteiger partial charge is 0.372 e.